The van der Waals surface area contributed by atoms with Gasteiger partial charge in [0.25, 0.3) is 0 Å². The summed E-state index contributed by atoms with van der Waals surface area (Å²) in [6, 6.07) is 0. The van der Waals surface area contributed by atoms with E-state index in [0.717, 1.165) is 5.69 Å². The molecule has 0 saturated carbocycles. The molecule has 0 fully saturated rings. The third-order valence-corrected chi connectivity index (χ3v) is 1.62. The monoisotopic (exact) mass is 177 g/mol. The zero-order chi connectivity index (χ0) is 9.84. The highest BCUT2D eigenvalue weighted by molar-refractivity contribution is 5.74. The van der Waals surface area contributed by atoms with Crippen molar-refractivity contribution in [3.8, 4) is 0 Å². The van der Waals surface area contributed by atoms with E-state index < -0.39 is 5.91 Å². The maximum atomic E-state index is 10.6. The van der Waals surface area contributed by atoms with Crippen LogP contribution in [0.2, 0.25) is 0 Å². The second-order valence-corrected chi connectivity index (χ2v) is 2.52. The fraction of sp³-hybridized carbons (Fsp3) is 0.111. The summed E-state index contributed by atoms with van der Waals surface area (Å²) in [6.07, 6.45) is 4.76. The van der Waals surface area contributed by atoms with Crippen LogP contribution in [0.1, 0.15) is 11.4 Å². The molecule has 1 aromatic rings. The zero-order valence-electron chi connectivity index (χ0n) is 7.23. The molecule has 0 aromatic carbocycles. The van der Waals surface area contributed by atoms with E-state index >= 15 is 0 Å². The molecule has 1 aromatic heterocycles. The maximum Gasteiger partial charge on any atom is 0.237 e. The van der Waals surface area contributed by atoms with Crippen LogP contribution in [0.5, 0.6) is 0 Å². The van der Waals surface area contributed by atoms with Gasteiger partial charge >= 0.3 is 0 Å². The zero-order valence-corrected chi connectivity index (χ0v) is 7.23. The molecule has 0 aliphatic rings. The minimum absolute atomic E-state index is 0.113. The highest BCUT2D eigenvalue weighted by atomic mass is 16.1. The third-order valence-electron chi connectivity index (χ3n) is 1.62. The number of hydrogen-bond acceptors (Lipinski definition) is 2. The Kier molecular flexibility index (Phi) is 2.64. The molecule has 0 atom stereocenters. The Labute approximate surface area is 76.4 Å². The lowest BCUT2D eigenvalue weighted by Crippen LogP contribution is -2.18. The van der Waals surface area contributed by atoms with Crippen molar-refractivity contribution in [1.29, 1.82) is 0 Å². The first-order chi connectivity index (χ1) is 6.19. The Bertz CT molecular complexity index is 352. The van der Waals surface area contributed by atoms with Crippen LogP contribution in [-0.2, 0) is 11.3 Å². The lowest BCUT2D eigenvalue weighted by molar-refractivity contribution is -0.118. The third kappa shape index (κ3) is 1.84. The summed E-state index contributed by atoms with van der Waals surface area (Å²) < 4.78 is 1.63. The molecule has 4 heteroatoms. The summed E-state index contributed by atoms with van der Waals surface area (Å²) in [5.41, 5.74) is 6.51. The van der Waals surface area contributed by atoms with Gasteiger partial charge in [0.2, 0.25) is 5.91 Å². The Balaban J connectivity index is 3.07. The molecule has 0 radical (unpaired) electrons. The number of aromatic nitrogens is 2. The van der Waals surface area contributed by atoms with Crippen molar-refractivity contribution in [2.75, 3.05) is 0 Å². The van der Waals surface area contributed by atoms with Gasteiger partial charge in [-0.15, -0.1) is 0 Å². The number of rotatable bonds is 4. The van der Waals surface area contributed by atoms with Crippen LogP contribution in [0.25, 0.3) is 12.2 Å². The molecule has 0 aliphatic carbocycles. The highest BCUT2D eigenvalue weighted by Crippen LogP contribution is 2.09. The summed E-state index contributed by atoms with van der Waals surface area (Å²) in [5.74, 6) is -0.406. The smallest absolute Gasteiger partial charge is 0.237 e. The Hall–Kier alpha value is -1.84. The summed E-state index contributed by atoms with van der Waals surface area (Å²) in [6.45, 7) is 7.32. The van der Waals surface area contributed by atoms with Gasteiger partial charge in [0.1, 0.15) is 6.54 Å². The fourth-order valence-corrected chi connectivity index (χ4v) is 1.08. The first-order valence-corrected chi connectivity index (χ1v) is 3.77. The minimum atomic E-state index is -0.406. The van der Waals surface area contributed by atoms with E-state index in [0.29, 0.717) is 5.69 Å². The second kappa shape index (κ2) is 3.71. The highest BCUT2D eigenvalue weighted by Gasteiger charge is 2.06. The number of hydrogen-bond donors (Lipinski definition) is 1. The van der Waals surface area contributed by atoms with Gasteiger partial charge in [-0.2, -0.15) is 0 Å². The number of carbonyl (C=O) groups excluding carboxylic acids is 1. The van der Waals surface area contributed by atoms with Crippen LogP contribution in [0.4, 0.5) is 0 Å². The van der Waals surface area contributed by atoms with Gasteiger partial charge in [0, 0.05) is 0 Å². The first-order valence-electron chi connectivity index (χ1n) is 3.77. The van der Waals surface area contributed by atoms with E-state index in [1.807, 2.05) is 0 Å². The van der Waals surface area contributed by atoms with Crippen LogP contribution in [0.15, 0.2) is 19.5 Å². The van der Waals surface area contributed by atoms with E-state index in [9.17, 15) is 4.79 Å². The molecule has 4 nitrogen and oxygen atoms in total. The molecule has 1 amide bonds. The average Bonchev–Trinajstić information content (AvgIpc) is 2.45. The molecule has 0 saturated heterocycles. The molecule has 0 unspecified atom stereocenters. The van der Waals surface area contributed by atoms with Crippen LogP contribution < -0.4 is 5.73 Å². The van der Waals surface area contributed by atoms with Gasteiger partial charge in [-0.1, -0.05) is 13.2 Å². The van der Waals surface area contributed by atoms with Gasteiger partial charge in [-0.25, -0.2) is 4.98 Å². The number of amides is 1. The van der Waals surface area contributed by atoms with E-state index in [1.54, 1.807) is 23.0 Å². The molecule has 0 bridgehead atoms. The van der Waals surface area contributed by atoms with Gasteiger partial charge in [-0.05, 0) is 12.2 Å². The second-order valence-electron chi connectivity index (χ2n) is 2.52. The van der Waals surface area contributed by atoms with E-state index in [1.165, 1.54) is 0 Å². The topological polar surface area (TPSA) is 60.9 Å². The van der Waals surface area contributed by atoms with Gasteiger partial charge in [0.05, 0.1) is 17.7 Å². The molecular weight excluding hydrogens is 166 g/mol. The fourth-order valence-electron chi connectivity index (χ4n) is 1.08. The van der Waals surface area contributed by atoms with E-state index in [4.69, 9.17) is 5.73 Å². The van der Waals surface area contributed by atoms with Crippen LogP contribution in [0, 0.1) is 0 Å². The number of nitrogens with zero attached hydrogens (tertiary/aromatic N) is 2. The molecule has 0 spiro atoms. The number of imidazole rings is 1. The summed E-state index contributed by atoms with van der Waals surface area (Å²) >= 11 is 0. The normalized spacial score (nSPS) is 9.54. The molecule has 2 N–H and O–H groups in total. The standard InChI is InChI=1S/C9H11N3O/c1-3-7-8(4-2)12(6-11-7)5-9(10)13/h3-4,6H,1-2,5H2,(H2,10,13). The van der Waals surface area contributed by atoms with E-state index in [-0.39, 0.29) is 6.54 Å². The van der Waals surface area contributed by atoms with E-state index in [2.05, 4.69) is 18.1 Å². The summed E-state index contributed by atoms with van der Waals surface area (Å²) in [5, 5.41) is 0. The predicted octanol–water partition coefficient (Wildman–Crippen LogP) is 0.654. The van der Waals surface area contributed by atoms with Crippen molar-refractivity contribution >= 4 is 18.1 Å². The quantitative estimate of drug-likeness (QED) is 0.734. The number of primary amides is 1. The minimum Gasteiger partial charge on any atom is -0.368 e. The van der Waals surface area contributed by atoms with Gasteiger partial charge in [0.15, 0.2) is 0 Å². The largest absolute Gasteiger partial charge is 0.368 e. The molecular formula is C9H11N3O. The Morgan fingerprint density at radius 2 is 2.31 bits per heavy atom. The van der Waals surface area contributed by atoms with Crippen LogP contribution >= 0.6 is 0 Å². The van der Waals surface area contributed by atoms with Crippen molar-refractivity contribution in [3.63, 3.8) is 0 Å². The summed E-state index contributed by atoms with van der Waals surface area (Å²) in [4.78, 5) is 14.7. The SMILES string of the molecule is C=Cc1ncn(CC(N)=O)c1C=C. The number of carbonyl (C=O) groups is 1. The Morgan fingerprint density at radius 1 is 1.62 bits per heavy atom. The first kappa shape index (κ1) is 9.25. The summed E-state index contributed by atoms with van der Waals surface area (Å²) in [7, 11) is 0. The predicted molar refractivity (Wildman–Crippen MR) is 51.6 cm³/mol. The van der Waals surface area contributed by atoms with Crippen molar-refractivity contribution in [1.82, 2.24) is 9.55 Å². The number of nitrogens with two attached hydrogens (primary N) is 1. The molecule has 68 valence electrons. The lowest BCUT2D eigenvalue weighted by Gasteiger charge is -2.01. The van der Waals surface area contributed by atoms with Crippen molar-refractivity contribution < 1.29 is 4.79 Å². The molecule has 13 heavy (non-hydrogen) atoms. The van der Waals surface area contributed by atoms with Gasteiger partial charge < -0.3 is 10.3 Å². The van der Waals surface area contributed by atoms with Crippen LogP contribution in [-0.4, -0.2) is 15.5 Å². The maximum absolute atomic E-state index is 10.6. The van der Waals surface area contributed by atoms with Gasteiger partial charge in [-0.3, -0.25) is 4.79 Å². The molecule has 0 aliphatic heterocycles. The molecule has 1 rings (SSSR count). The molecule has 1 heterocycles. The average molecular weight is 177 g/mol. The van der Waals surface area contributed by atoms with Crippen molar-refractivity contribution in [2.45, 2.75) is 6.54 Å². The van der Waals surface area contributed by atoms with Crippen molar-refractivity contribution in [3.05, 3.63) is 30.9 Å². The van der Waals surface area contributed by atoms with Crippen LogP contribution in [0.3, 0.4) is 0 Å². The van der Waals surface area contributed by atoms with Crippen molar-refractivity contribution in [2.24, 2.45) is 5.73 Å². The lowest BCUT2D eigenvalue weighted by atomic mass is 10.3. The Morgan fingerprint density at radius 3 is 2.77 bits per heavy atom.